The van der Waals surface area contributed by atoms with Crippen LogP contribution in [0.2, 0.25) is 5.02 Å². The zero-order valence-electron chi connectivity index (χ0n) is 11.8. The summed E-state index contributed by atoms with van der Waals surface area (Å²) in [5.41, 5.74) is 0.638. The van der Waals surface area contributed by atoms with Crippen molar-refractivity contribution < 1.29 is 19.5 Å². The van der Waals surface area contributed by atoms with Gasteiger partial charge < -0.3 is 15.7 Å². The van der Waals surface area contributed by atoms with Crippen molar-refractivity contribution in [1.82, 2.24) is 5.32 Å². The molecule has 0 saturated carbocycles. The Hall–Kier alpha value is -1.73. The Kier molecular flexibility index (Phi) is 5.31. The zero-order valence-corrected chi connectivity index (χ0v) is 13.3. The highest BCUT2D eigenvalue weighted by molar-refractivity contribution is 8.01. The number of carbonyl (C=O) groups is 3. The molecule has 22 heavy (non-hydrogen) atoms. The van der Waals surface area contributed by atoms with E-state index in [0.717, 1.165) is 4.90 Å². The van der Waals surface area contributed by atoms with Crippen LogP contribution in [0.1, 0.15) is 13.3 Å². The summed E-state index contributed by atoms with van der Waals surface area (Å²) >= 11 is 7.16. The van der Waals surface area contributed by atoms with Crippen molar-refractivity contribution in [2.45, 2.75) is 23.5 Å². The van der Waals surface area contributed by atoms with Gasteiger partial charge in [0.2, 0.25) is 11.8 Å². The lowest BCUT2D eigenvalue weighted by molar-refractivity contribution is -0.141. The number of rotatable bonds is 5. The summed E-state index contributed by atoms with van der Waals surface area (Å²) in [6.07, 6.45) is -0.00902. The summed E-state index contributed by atoms with van der Waals surface area (Å²) in [4.78, 5) is 35.4. The van der Waals surface area contributed by atoms with Crippen molar-refractivity contribution in [1.29, 1.82) is 0 Å². The molecule has 2 rings (SSSR count). The van der Waals surface area contributed by atoms with Gasteiger partial charge in [-0.2, -0.15) is 0 Å². The molecule has 0 bridgehead atoms. The van der Waals surface area contributed by atoms with Gasteiger partial charge in [0, 0.05) is 22.9 Å². The normalized spacial score (nSPS) is 18.1. The first-order chi connectivity index (χ1) is 10.4. The monoisotopic (exact) mass is 342 g/mol. The number of thioether (sulfide) groups is 1. The molecular weight excluding hydrogens is 328 g/mol. The van der Waals surface area contributed by atoms with Crippen LogP contribution in [0, 0.1) is 5.92 Å². The lowest BCUT2D eigenvalue weighted by atomic mass is 10.2. The summed E-state index contributed by atoms with van der Waals surface area (Å²) < 4.78 is 0. The molecule has 2 atom stereocenters. The minimum Gasteiger partial charge on any atom is -0.481 e. The summed E-state index contributed by atoms with van der Waals surface area (Å²) in [6, 6.07) is 5.17. The van der Waals surface area contributed by atoms with Crippen molar-refractivity contribution in [3.8, 4) is 0 Å². The lowest BCUT2D eigenvalue weighted by Crippen LogP contribution is -2.37. The topological polar surface area (TPSA) is 95.5 Å². The van der Waals surface area contributed by atoms with Gasteiger partial charge in [-0.15, -0.1) is 11.8 Å². The molecule has 118 valence electrons. The molecule has 1 heterocycles. The number of benzene rings is 1. The number of fused-ring (bicyclic) bond motifs is 1. The predicted octanol–water partition coefficient (Wildman–Crippen LogP) is 1.98. The number of anilines is 1. The van der Waals surface area contributed by atoms with Gasteiger partial charge in [0.1, 0.15) is 0 Å². The third-order valence-corrected chi connectivity index (χ3v) is 4.67. The molecule has 2 unspecified atom stereocenters. The van der Waals surface area contributed by atoms with Crippen LogP contribution in [-0.4, -0.2) is 34.7 Å². The molecule has 0 aliphatic carbocycles. The summed E-state index contributed by atoms with van der Waals surface area (Å²) in [7, 11) is 0. The molecule has 1 aromatic carbocycles. The van der Waals surface area contributed by atoms with Crippen molar-refractivity contribution in [2.24, 2.45) is 5.92 Å². The van der Waals surface area contributed by atoms with Gasteiger partial charge >= 0.3 is 5.97 Å². The second kappa shape index (κ2) is 7.02. The van der Waals surface area contributed by atoms with Gasteiger partial charge in [-0.3, -0.25) is 14.4 Å². The molecule has 1 aliphatic heterocycles. The van der Waals surface area contributed by atoms with Crippen LogP contribution < -0.4 is 10.6 Å². The highest BCUT2D eigenvalue weighted by Gasteiger charge is 2.29. The first kappa shape index (κ1) is 16.6. The van der Waals surface area contributed by atoms with Gasteiger partial charge in [-0.25, -0.2) is 0 Å². The van der Waals surface area contributed by atoms with Crippen LogP contribution in [0.4, 0.5) is 5.69 Å². The van der Waals surface area contributed by atoms with E-state index in [-0.39, 0.29) is 24.8 Å². The Morgan fingerprint density at radius 1 is 1.50 bits per heavy atom. The fourth-order valence-electron chi connectivity index (χ4n) is 1.85. The number of nitrogens with one attached hydrogen (secondary N) is 2. The van der Waals surface area contributed by atoms with E-state index in [0.29, 0.717) is 10.7 Å². The van der Waals surface area contributed by atoms with E-state index in [2.05, 4.69) is 10.6 Å². The van der Waals surface area contributed by atoms with Gasteiger partial charge in [-0.1, -0.05) is 18.5 Å². The van der Waals surface area contributed by atoms with E-state index in [1.807, 2.05) is 0 Å². The highest BCUT2D eigenvalue weighted by Crippen LogP contribution is 2.38. The number of carboxylic acid groups (broad SMARTS) is 1. The van der Waals surface area contributed by atoms with Crippen molar-refractivity contribution in [3.63, 3.8) is 0 Å². The van der Waals surface area contributed by atoms with E-state index in [4.69, 9.17) is 16.7 Å². The van der Waals surface area contributed by atoms with Crippen LogP contribution in [0.5, 0.6) is 0 Å². The quantitative estimate of drug-likeness (QED) is 0.760. The Bertz CT molecular complexity index is 623. The second-order valence-electron chi connectivity index (χ2n) is 4.98. The van der Waals surface area contributed by atoms with Crippen LogP contribution in [0.3, 0.4) is 0 Å². The van der Waals surface area contributed by atoms with Gasteiger partial charge in [0.15, 0.2) is 0 Å². The van der Waals surface area contributed by atoms with Gasteiger partial charge in [-0.05, 0) is 18.2 Å². The number of carbonyl (C=O) groups excluding carboxylic acids is 2. The predicted molar refractivity (Wildman–Crippen MR) is 84.2 cm³/mol. The third-order valence-electron chi connectivity index (χ3n) is 3.16. The molecule has 0 spiro atoms. The summed E-state index contributed by atoms with van der Waals surface area (Å²) in [5.74, 6) is -2.25. The molecule has 1 aliphatic rings. The van der Waals surface area contributed by atoms with E-state index >= 15 is 0 Å². The fourth-order valence-corrected chi connectivity index (χ4v) is 3.11. The fraction of sp³-hybridized carbons (Fsp3) is 0.357. The molecule has 1 aromatic rings. The number of halogens is 1. The van der Waals surface area contributed by atoms with E-state index in [1.54, 1.807) is 18.2 Å². The molecular formula is C14H15ClN2O4S. The Labute approximate surface area is 136 Å². The smallest absolute Gasteiger partial charge is 0.308 e. The number of aliphatic carboxylic acids is 1. The molecule has 6 nitrogen and oxygen atoms in total. The molecule has 0 radical (unpaired) electrons. The maximum atomic E-state index is 12.0. The van der Waals surface area contributed by atoms with Crippen molar-refractivity contribution >= 4 is 46.8 Å². The standard InChI is InChI=1S/C14H15ClN2O4S/c1-7(14(20)21)6-16-12(18)5-11-13(19)17-9-4-8(15)2-3-10(9)22-11/h2-4,7,11H,5-6H2,1H3,(H,16,18)(H,17,19)(H,20,21). The van der Waals surface area contributed by atoms with Crippen LogP contribution in [0.15, 0.2) is 23.1 Å². The minimum atomic E-state index is -0.976. The largest absolute Gasteiger partial charge is 0.481 e. The molecule has 0 saturated heterocycles. The first-order valence-electron chi connectivity index (χ1n) is 6.63. The number of hydrogen-bond donors (Lipinski definition) is 3. The van der Waals surface area contributed by atoms with Crippen LogP contribution in [-0.2, 0) is 14.4 Å². The molecule has 0 fully saturated rings. The van der Waals surface area contributed by atoms with Gasteiger partial charge in [0.05, 0.1) is 16.9 Å². The molecule has 2 amide bonds. The van der Waals surface area contributed by atoms with E-state index in [1.165, 1.54) is 18.7 Å². The Morgan fingerprint density at radius 3 is 2.91 bits per heavy atom. The Balaban J connectivity index is 1.93. The van der Waals surface area contributed by atoms with Crippen LogP contribution in [0.25, 0.3) is 0 Å². The number of hydrogen-bond acceptors (Lipinski definition) is 4. The zero-order chi connectivity index (χ0) is 16.3. The average Bonchev–Trinajstić information content (AvgIpc) is 2.45. The number of amides is 2. The maximum Gasteiger partial charge on any atom is 0.308 e. The minimum absolute atomic E-state index is 0.00902. The lowest BCUT2D eigenvalue weighted by Gasteiger charge is -2.24. The molecule has 3 N–H and O–H groups in total. The highest BCUT2D eigenvalue weighted by atomic mass is 35.5. The van der Waals surface area contributed by atoms with E-state index < -0.39 is 17.1 Å². The summed E-state index contributed by atoms with van der Waals surface area (Å²) in [6.45, 7) is 1.55. The number of carboxylic acids is 1. The van der Waals surface area contributed by atoms with Crippen molar-refractivity contribution in [3.05, 3.63) is 23.2 Å². The third kappa shape index (κ3) is 4.14. The molecule has 8 heteroatoms. The maximum absolute atomic E-state index is 12.0. The van der Waals surface area contributed by atoms with Gasteiger partial charge in [0.25, 0.3) is 0 Å². The first-order valence-corrected chi connectivity index (χ1v) is 7.89. The van der Waals surface area contributed by atoms with Crippen LogP contribution >= 0.6 is 23.4 Å². The van der Waals surface area contributed by atoms with Crippen molar-refractivity contribution in [2.75, 3.05) is 11.9 Å². The molecule has 0 aromatic heterocycles. The van der Waals surface area contributed by atoms with E-state index in [9.17, 15) is 14.4 Å². The SMILES string of the molecule is CC(CNC(=O)CC1Sc2ccc(Cl)cc2NC1=O)C(=O)O. The average molecular weight is 343 g/mol. The Morgan fingerprint density at radius 2 is 2.23 bits per heavy atom. The summed E-state index contributed by atoms with van der Waals surface area (Å²) in [5, 5.41) is 14.0. The second-order valence-corrected chi connectivity index (χ2v) is 6.66.